The SMILES string of the molecule is CC(N)C(N)CC(N)C[C@@H](N)C(C)N. The quantitative estimate of drug-likeness (QED) is 0.356. The van der Waals surface area contributed by atoms with Gasteiger partial charge in [0.2, 0.25) is 0 Å². The Morgan fingerprint density at radius 1 is 0.714 bits per heavy atom. The van der Waals surface area contributed by atoms with Crippen molar-refractivity contribution < 1.29 is 0 Å². The van der Waals surface area contributed by atoms with Crippen molar-refractivity contribution in [2.45, 2.75) is 56.9 Å². The molecule has 0 saturated carbocycles. The first-order valence-electron chi connectivity index (χ1n) is 5.12. The molecule has 0 fully saturated rings. The van der Waals surface area contributed by atoms with E-state index in [0.29, 0.717) is 12.8 Å². The Morgan fingerprint density at radius 3 is 1.21 bits per heavy atom. The Hall–Kier alpha value is -0.200. The molecular weight excluding hydrogens is 178 g/mol. The van der Waals surface area contributed by atoms with Crippen LogP contribution in [0.1, 0.15) is 26.7 Å². The summed E-state index contributed by atoms with van der Waals surface area (Å²) in [5.41, 5.74) is 28.7. The van der Waals surface area contributed by atoms with Crippen LogP contribution in [0.2, 0.25) is 0 Å². The number of hydrogen-bond donors (Lipinski definition) is 5. The molecule has 5 nitrogen and oxygen atoms in total. The zero-order valence-electron chi connectivity index (χ0n) is 9.19. The van der Waals surface area contributed by atoms with Crippen LogP contribution in [-0.4, -0.2) is 30.2 Å². The second-order valence-corrected chi connectivity index (χ2v) is 4.28. The van der Waals surface area contributed by atoms with Crippen molar-refractivity contribution >= 4 is 0 Å². The van der Waals surface area contributed by atoms with E-state index in [9.17, 15) is 0 Å². The zero-order chi connectivity index (χ0) is 11.3. The van der Waals surface area contributed by atoms with Crippen LogP contribution in [0.25, 0.3) is 0 Å². The van der Waals surface area contributed by atoms with Gasteiger partial charge in [-0.2, -0.15) is 0 Å². The maximum absolute atomic E-state index is 5.88. The van der Waals surface area contributed by atoms with E-state index in [-0.39, 0.29) is 30.2 Å². The largest absolute Gasteiger partial charge is 0.328 e. The predicted octanol–water partition coefficient (Wildman–Crippen LogP) is -1.56. The molecule has 0 spiro atoms. The van der Waals surface area contributed by atoms with E-state index in [1.807, 2.05) is 13.8 Å². The van der Waals surface area contributed by atoms with Gasteiger partial charge in [0.05, 0.1) is 0 Å². The Bertz CT molecular complexity index is 132. The normalized spacial score (nSPS) is 22.5. The van der Waals surface area contributed by atoms with Crippen molar-refractivity contribution in [3.63, 3.8) is 0 Å². The molecule has 0 amide bonds. The third kappa shape index (κ3) is 5.51. The highest BCUT2D eigenvalue weighted by molar-refractivity contribution is 4.82. The second-order valence-electron chi connectivity index (χ2n) is 4.28. The van der Waals surface area contributed by atoms with Crippen molar-refractivity contribution in [1.29, 1.82) is 0 Å². The molecule has 5 heteroatoms. The Labute approximate surface area is 86.4 Å². The van der Waals surface area contributed by atoms with Gasteiger partial charge in [-0.25, -0.2) is 0 Å². The van der Waals surface area contributed by atoms with Crippen LogP contribution in [0, 0.1) is 0 Å². The summed E-state index contributed by atoms with van der Waals surface area (Å²) in [5, 5.41) is 0. The highest BCUT2D eigenvalue weighted by Gasteiger charge is 2.17. The van der Waals surface area contributed by atoms with Gasteiger partial charge >= 0.3 is 0 Å². The van der Waals surface area contributed by atoms with E-state index in [4.69, 9.17) is 28.7 Å². The Kier molecular flexibility index (Phi) is 6.22. The van der Waals surface area contributed by atoms with E-state index in [0.717, 1.165) is 0 Å². The third-order valence-electron chi connectivity index (χ3n) is 2.50. The minimum Gasteiger partial charge on any atom is -0.328 e. The van der Waals surface area contributed by atoms with Gasteiger partial charge in [-0.1, -0.05) is 0 Å². The highest BCUT2D eigenvalue weighted by Crippen LogP contribution is 2.04. The summed E-state index contributed by atoms with van der Waals surface area (Å²) in [7, 11) is 0. The van der Waals surface area contributed by atoms with E-state index < -0.39 is 0 Å². The van der Waals surface area contributed by atoms with Crippen LogP contribution >= 0.6 is 0 Å². The number of rotatable bonds is 6. The summed E-state index contributed by atoms with van der Waals surface area (Å²) < 4.78 is 0. The molecule has 0 aliphatic heterocycles. The van der Waals surface area contributed by atoms with Crippen molar-refractivity contribution in [2.24, 2.45) is 28.7 Å². The summed E-state index contributed by atoms with van der Waals surface area (Å²) in [6, 6.07) is -0.215. The molecule has 0 saturated heterocycles. The zero-order valence-corrected chi connectivity index (χ0v) is 9.19. The standard InChI is InChI=1S/C9H25N5/c1-5(10)8(13)3-7(12)4-9(14)6(2)11/h5-9H,3-4,10-14H2,1-2H3/t5?,6?,7?,8-,9?/m1/s1. The van der Waals surface area contributed by atoms with E-state index in [2.05, 4.69) is 0 Å². The molecule has 14 heavy (non-hydrogen) atoms. The van der Waals surface area contributed by atoms with Crippen molar-refractivity contribution in [1.82, 2.24) is 0 Å². The summed E-state index contributed by atoms with van der Waals surface area (Å²) in [5.74, 6) is 0. The minimum atomic E-state index is -0.0646. The predicted molar refractivity (Wildman–Crippen MR) is 60.5 cm³/mol. The van der Waals surface area contributed by atoms with Gasteiger partial charge in [-0.05, 0) is 26.7 Å². The van der Waals surface area contributed by atoms with Gasteiger partial charge in [0.15, 0.2) is 0 Å². The van der Waals surface area contributed by atoms with Crippen LogP contribution in [0.4, 0.5) is 0 Å². The molecule has 0 aliphatic carbocycles. The first-order chi connectivity index (χ1) is 6.34. The van der Waals surface area contributed by atoms with Gasteiger partial charge in [0, 0.05) is 30.2 Å². The van der Waals surface area contributed by atoms with Crippen molar-refractivity contribution in [3.05, 3.63) is 0 Å². The summed E-state index contributed by atoms with van der Waals surface area (Å²) >= 11 is 0. The molecule has 0 heterocycles. The second kappa shape index (κ2) is 6.31. The smallest absolute Gasteiger partial charge is 0.0204 e. The monoisotopic (exact) mass is 203 g/mol. The maximum atomic E-state index is 5.88. The molecule has 4 unspecified atom stereocenters. The van der Waals surface area contributed by atoms with Gasteiger partial charge in [-0.3, -0.25) is 0 Å². The average molecular weight is 203 g/mol. The molecule has 0 aromatic heterocycles. The third-order valence-corrected chi connectivity index (χ3v) is 2.50. The molecular formula is C9H25N5. The fourth-order valence-corrected chi connectivity index (χ4v) is 1.22. The van der Waals surface area contributed by atoms with Crippen molar-refractivity contribution in [3.8, 4) is 0 Å². The van der Waals surface area contributed by atoms with Gasteiger partial charge < -0.3 is 28.7 Å². The van der Waals surface area contributed by atoms with E-state index in [1.165, 1.54) is 0 Å². The molecule has 5 atom stereocenters. The first kappa shape index (κ1) is 13.8. The summed E-state index contributed by atoms with van der Waals surface area (Å²) in [4.78, 5) is 0. The molecule has 10 N–H and O–H groups in total. The lowest BCUT2D eigenvalue weighted by molar-refractivity contribution is 0.407. The molecule has 0 aromatic carbocycles. The first-order valence-corrected chi connectivity index (χ1v) is 5.12. The Balaban J connectivity index is 3.80. The molecule has 0 radical (unpaired) electrons. The summed E-state index contributed by atoms with van der Waals surface area (Å²) in [6.45, 7) is 3.76. The fraction of sp³-hybridized carbons (Fsp3) is 1.00. The molecule has 0 aliphatic rings. The fourth-order valence-electron chi connectivity index (χ4n) is 1.22. The van der Waals surface area contributed by atoms with Crippen LogP contribution < -0.4 is 28.7 Å². The lowest BCUT2D eigenvalue weighted by Crippen LogP contribution is -2.47. The lowest BCUT2D eigenvalue weighted by Gasteiger charge is -2.24. The van der Waals surface area contributed by atoms with Crippen LogP contribution in [0.5, 0.6) is 0 Å². The average Bonchev–Trinajstić information content (AvgIpc) is 2.03. The Morgan fingerprint density at radius 2 is 1.00 bits per heavy atom. The highest BCUT2D eigenvalue weighted by atomic mass is 14.8. The number of hydrogen-bond acceptors (Lipinski definition) is 5. The van der Waals surface area contributed by atoms with Gasteiger partial charge in [0.25, 0.3) is 0 Å². The van der Waals surface area contributed by atoms with Crippen molar-refractivity contribution in [2.75, 3.05) is 0 Å². The topological polar surface area (TPSA) is 130 Å². The number of nitrogens with two attached hydrogens (primary N) is 5. The molecule has 0 aromatic rings. The van der Waals surface area contributed by atoms with Gasteiger partial charge in [-0.15, -0.1) is 0 Å². The summed E-state index contributed by atoms with van der Waals surface area (Å²) in [6.07, 6.45) is 1.39. The lowest BCUT2D eigenvalue weighted by atomic mass is 9.96. The minimum absolute atomic E-state index is 0.0167. The van der Waals surface area contributed by atoms with E-state index in [1.54, 1.807) is 0 Å². The molecule has 0 bridgehead atoms. The van der Waals surface area contributed by atoms with Crippen LogP contribution in [0.15, 0.2) is 0 Å². The molecule has 86 valence electrons. The van der Waals surface area contributed by atoms with Crippen LogP contribution in [0.3, 0.4) is 0 Å². The van der Waals surface area contributed by atoms with Crippen LogP contribution in [-0.2, 0) is 0 Å². The molecule has 0 rings (SSSR count). The maximum Gasteiger partial charge on any atom is 0.0204 e. The van der Waals surface area contributed by atoms with Gasteiger partial charge in [0.1, 0.15) is 0 Å². The van der Waals surface area contributed by atoms with E-state index >= 15 is 0 Å².